The van der Waals surface area contributed by atoms with Gasteiger partial charge in [-0.2, -0.15) is 0 Å². The van der Waals surface area contributed by atoms with E-state index in [0.29, 0.717) is 37.9 Å². The highest BCUT2D eigenvalue weighted by molar-refractivity contribution is 5.70. The Hall–Kier alpha value is -1.49. The van der Waals surface area contributed by atoms with Gasteiger partial charge in [0.15, 0.2) is 0 Å². The summed E-state index contributed by atoms with van der Waals surface area (Å²) in [4.78, 5) is 13.1. The summed E-state index contributed by atoms with van der Waals surface area (Å²) >= 11 is 0. The monoisotopic (exact) mass is 283 g/mol. The fraction of sp³-hybridized carbons (Fsp3) is 0.533. The molecule has 1 unspecified atom stereocenters. The highest BCUT2D eigenvalue weighted by Crippen LogP contribution is 2.21. The number of carboxylic acid groups (broad SMARTS) is 1. The molecule has 1 aromatic rings. The van der Waals surface area contributed by atoms with E-state index in [9.17, 15) is 13.6 Å². The fourth-order valence-corrected chi connectivity index (χ4v) is 2.72. The first-order valence-corrected chi connectivity index (χ1v) is 6.88. The molecule has 0 bridgehead atoms. The van der Waals surface area contributed by atoms with Gasteiger partial charge in [-0.25, -0.2) is 8.78 Å². The van der Waals surface area contributed by atoms with E-state index >= 15 is 0 Å². The van der Waals surface area contributed by atoms with Crippen LogP contribution in [0, 0.1) is 17.6 Å². The van der Waals surface area contributed by atoms with Gasteiger partial charge in [-0.3, -0.25) is 4.79 Å². The van der Waals surface area contributed by atoms with Crippen LogP contribution in [0.5, 0.6) is 0 Å². The van der Waals surface area contributed by atoms with Crippen LogP contribution in [0.2, 0.25) is 0 Å². The first kappa shape index (κ1) is 14.9. The summed E-state index contributed by atoms with van der Waals surface area (Å²) in [6.07, 6.45) is 1.76. The Morgan fingerprint density at radius 1 is 1.40 bits per heavy atom. The summed E-state index contributed by atoms with van der Waals surface area (Å²) in [5.74, 6) is -2.08. The molecule has 1 N–H and O–H groups in total. The quantitative estimate of drug-likeness (QED) is 0.923. The van der Waals surface area contributed by atoms with E-state index in [1.54, 1.807) is 0 Å². The number of likely N-dealkylation sites (tertiary alicyclic amines) is 1. The van der Waals surface area contributed by atoms with Crippen LogP contribution >= 0.6 is 0 Å². The Morgan fingerprint density at radius 2 is 2.05 bits per heavy atom. The third kappa shape index (κ3) is 3.54. The van der Waals surface area contributed by atoms with Gasteiger partial charge in [0.2, 0.25) is 0 Å². The number of aliphatic carboxylic acids is 1. The number of nitrogens with zero attached hydrogens (tertiary/aromatic N) is 1. The van der Waals surface area contributed by atoms with Gasteiger partial charge >= 0.3 is 5.97 Å². The predicted octanol–water partition coefficient (Wildman–Crippen LogP) is 2.69. The number of halogens is 2. The van der Waals surface area contributed by atoms with Crippen LogP contribution in [0.25, 0.3) is 0 Å². The smallest absolute Gasteiger partial charge is 0.306 e. The molecule has 3 nitrogen and oxygen atoms in total. The van der Waals surface area contributed by atoms with Crippen molar-refractivity contribution in [2.24, 2.45) is 5.92 Å². The lowest BCUT2D eigenvalue weighted by molar-refractivity contribution is -0.143. The van der Waals surface area contributed by atoms with E-state index in [0.717, 1.165) is 6.07 Å². The van der Waals surface area contributed by atoms with E-state index in [-0.39, 0.29) is 12.0 Å². The van der Waals surface area contributed by atoms with Crippen molar-refractivity contribution in [1.29, 1.82) is 0 Å². The van der Waals surface area contributed by atoms with Gasteiger partial charge in [0.1, 0.15) is 11.6 Å². The SMILES string of the molecule is CC(Cc1ccc(F)cc1F)N1CCC(C(=O)O)CC1. The largest absolute Gasteiger partial charge is 0.481 e. The van der Waals surface area contributed by atoms with E-state index < -0.39 is 17.6 Å². The summed E-state index contributed by atoms with van der Waals surface area (Å²) in [7, 11) is 0. The molecule has 1 heterocycles. The van der Waals surface area contributed by atoms with Crippen molar-refractivity contribution in [1.82, 2.24) is 4.90 Å². The molecule has 0 aromatic heterocycles. The van der Waals surface area contributed by atoms with E-state index in [4.69, 9.17) is 5.11 Å². The molecule has 1 saturated heterocycles. The minimum Gasteiger partial charge on any atom is -0.481 e. The summed E-state index contributed by atoms with van der Waals surface area (Å²) in [5.41, 5.74) is 0.499. The topological polar surface area (TPSA) is 40.5 Å². The van der Waals surface area contributed by atoms with Gasteiger partial charge in [-0.1, -0.05) is 6.07 Å². The minimum atomic E-state index is -0.734. The highest BCUT2D eigenvalue weighted by Gasteiger charge is 2.27. The molecule has 0 aliphatic carbocycles. The molecule has 1 atom stereocenters. The standard InChI is InChI=1S/C15H19F2NO2/c1-10(8-12-2-3-13(16)9-14(12)17)18-6-4-11(5-7-18)15(19)20/h2-3,9-11H,4-8H2,1H3,(H,19,20). The van der Waals surface area contributed by atoms with Crippen molar-refractivity contribution in [2.45, 2.75) is 32.2 Å². The molecule has 5 heteroatoms. The number of rotatable bonds is 4. The number of hydrogen-bond donors (Lipinski definition) is 1. The lowest BCUT2D eigenvalue weighted by Gasteiger charge is -2.34. The van der Waals surface area contributed by atoms with Gasteiger partial charge in [-0.05, 0) is 50.9 Å². The molecule has 0 radical (unpaired) electrons. The molecule has 0 amide bonds. The average Bonchev–Trinajstić information content (AvgIpc) is 2.42. The van der Waals surface area contributed by atoms with Crippen LogP contribution in [0.4, 0.5) is 8.78 Å². The van der Waals surface area contributed by atoms with Crippen molar-refractivity contribution in [3.8, 4) is 0 Å². The number of carbonyl (C=O) groups is 1. The Balaban J connectivity index is 1.92. The van der Waals surface area contributed by atoms with Crippen molar-refractivity contribution >= 4 is 5.97 Å². The van der Waals surface area contributed by atoms with Gasteiger partial charge < -0.3 is 10.0 Å². The zero-order valence-electron chi connectivity index (χ0n) is 11.5. The summed E-state index contributed by atoms with van der Waals surface area (Å²) in [6, 6.07) is 3.76. The van der Waals surface area contributed by atoms with Gasteiger partial charge in [0.05, 0.1) is 5.92 Å². The summed E-state index contributed by atoms with van der Waals surface area (Å²) < 4.78 is 26.5. The maximum absolute atomic E-state index is 13.6. The lowest BCUT2D eigenvalue weighted by Crippen LogP contribution is -2.42. The van der Waals surface area contributed by atoms with Crippen molar-refractivity contribution in [3.63, 3.8) is 0 Å². The highest BCUT2D eigenvalue weighted by atomic mass is 19.1. The first-order chi connectivity index (χ1) is 9.47. The molecule has 0 saturated carbocycles. The Labute approximate surface area is 117 Å². The van der Waals surface area contributed by atoms with Crippen LogP contribution in [0.1, 0.15) is 25.3 Å². The van der Waals surface area contributed by atoms with Crippen LogP contribution in [0.15, 0.2) is 18.2 Å². The zero-order valence-corrected chi connectivity index (χ0v) is 11.5. The molecule has 2 rings (SSSR count). The van der Waals surface area contributed by atoms with Gasteiger partial charge in [-0.15, -0.1) is 0 Å². The van der Waals surface area contributed by atoms with Crippen LogP contribution in [0.3, 0.4) is 0 Å². The van der Waals surface area contributed by atoms with Crippen molar-refractivity contribution in [3.05, 3.63) is 35.4 Å². The molecule has 1 aliphatic rings. The second-order valence-electron chi connectivity index (χ2n) is 5.44. The maximum atomic E-state index is 13.6. The van der Waals surface area contributed by atoms with E-state index in [1.807, 2.05) is 6.92 Å². The van der Waals surface area contributed by atoms with Gasteiger partial charge in [0.25, 0.3) is 0 Å². The maximum Gasteiger partial charge on any atom is 0.306 e. The number of piperidine rings is 1. The third-order valence-corrected chi connectivity index (χ3v) is 4.03. The number of benzene rings is 1. The Morgan fingerprint density at radius 3 is 2.60 bits per heavy atom. The Kier molecular flexibility index (Phi) is 4.70. The lowest BCUT2D eigenvalue weighted by atomic mass is 9.95. The predicted molar refractivity (Wildman–Crippen MR) is 71.5 cm³/mol. The number of carboxylic acids is 1. The zero-order chi connectivity index (χ0) is 14.7. The molecule has 20 heavy (non-hydrogen) atoms. The van der Waals surface area contributed by atoms with E-state index in [1.165, 1.54) is 12.1 Å². The van der Waals surface area contributed by atoms with Crippen molar-refractivity contribution in [2.75, 3.05) is 13.1 Å². The average molecular weight is 283 g/mol. The molecule has 1 aromatic carbocycles. The van der Waals surface area contributed by atoms with Crippen molar-refractivity contribution < 1.29 is 18.7 Å². The summed E-state index contributed by atoms with van der Waals surface area (Å²) in [6.45, 7) is 3.41. The summed E-state index contributed by atoms with van der Waals surface area (Å²) in [5, 5.41) is 8.96. The molecular formula is C15H19F2NO2. The van der Waals surface area contributed by atoms with Crippen LogP contribution in [-0.4, -0.2) is 35.1 Å². The second-order valence-corrected chi connectivity index (χ2v) is 5.44. The second kappa shape index (κ2) is 6.31. The Bertz CT molecular complexity index is 485. The first-order valence-electron chi connectivity index (χ1n) is 6.88. The third-order valence-electron chi connectivity index (χ3n) is 4.03. The normalized spacial score (nSPS) is 18.9. The minimum absolute atomic E-state index is 0.115. The molecule has 1 fully saturated rings. The molecule has 1 aliphatic heterocycles. The van der Waals surface area contributed by atoms with Crippen LogP contribution < -0.4 is 0 Å². The van der Waals surface area contributed by atoms with Gasteiger partial charge in [0, 0.05) is 12.1 Å². The number of hydrogen-bond acceptors (Lipinski definition) is 2. The molecular weight excluding hydrogens is 264 g/mol. The van der Waals surface area contributed by atoms with Crippen LogP contribution in [-0.2, 0) is 11.2 Å². The fourth-order valence-electron chi connectivity index (χ4n) is 2.72. The van der Waals surface area contributed by atoms with E-state index in [2.05, 4.69) is 4.90 Å². The molecule has 0 spiro atoms. The molecule has 110 valence electrons.